The topological polar surface area (TPSA) is 41.5 Å². The van der Waals surface area contributed by atoms with Crippen LogP contribution >= 0.6 is 0 Å². The Morgan fingerprint density at radius 3 is 2.81 bits per heavy atom. The van der Waals surface area contributed by atoms with E-state index in [-0.39, 0.29) is 17.6 Å². The van der Waals surface area contributed by atoms with Gasteiger partial charge in [0.05, 0.1) is 6.61 Å². The highest BCUT2D eigenvalue weighted by Crippen LogP contribution is 2.25. The third-order valence-electron chi connectivity index (χ3n) is 3.28. The van der Waals surface area contributed by atoms with Gasteiger partial charge in [-0.05, 0) is 49.7 Å². The summed E-state index contributed by atoms with van der Waals surface area (Å²) in [6.07, 6.45) is 0. The van der Waals surface area contributed by atoms with Crippen molar-refractivity contribution in [3.05, 3.63) is 59.4 Å². The molecule has 0 aliphatic carbocycles. The highest BCUT2D eigenvalue weighted by molar-refractivity contribution is 5.35. The smallest absolute Gasteiger partial charge is 0.123 e. The predicted octanol–water partition coefficient (Wildman–Crippen LogP) is 3.78. The Labute approximate surface area is 124 Å². The number of hydrogen-bond donors (Lipinski definition) is 2. The maximum Gasteiger partial charge on any atom is 0.123 e. The molecule has 2 N–H and O–H groups in total. The summed E-state index contributed by atoms with van der Waals surface area (Å²) in [7, 11) is 0. The fraction of sp³-hybridized carbons (Fsp3) is 0.294. The van der Waals surface area contributed by atoms with Crippen LogP contribution in [0.15, 0.2) is 42.5 Å². The molecule has 0 heterocycles. The monoisotopic (exact) mass is 289 g/mol. The third-order valence-corrected chi connectivity index (χ3v) is 3.28. The van der Waals surface area contributed by atoms with Crippen molar-refractivity contribution in [2.45, 2.75) is 26.4 Å². The molecule has 0 radical (unpaired) electrons. The van der Waals surface area contributed by atoms with Crippen molar-refractivity contribution in [3.63, 3.8) is 0 Å². The molecule has 1 atom stereocenters. The van der Waals surface area contributed by atoms with Crippen molar-refractivity contribution in [2.24, 2.45) is 0 Å². The molecule has 1 unspecified atom stereocenters. The molecule has 3 nitrogen and oxygen atoms in total. The van der Waals surface area contributed by atoms with Crippen LogP contribution in [-0.2, 0) is 6.54 Å². The van der Waals surface area contributed by atoms with E-state index in [0.717, 1.165) is 11.3 Å². The van der Waals surface area contributed by atoms with Crippen molar-refractivity contribution in [1.29, 1.82) is 0 Å². The zero-order valence-electron chi connectivity index (χ0n) is 12.3. The number of nitrogens with one attached hydrogen (secondary N) is 1. The Hall–Kier alpha value is -2.07. The van der Waals surface area contributed by atoms with Gasteiger partial charge in [0.15, 0.2) is 0 Å². The van der Waals surface area contributed by atoms with E-state index in [0.29, 0.717) is 18.7 Å². The molecule has 21 heavy (non-hydrogen) atoms. The first-order chi connectivity index (χ1) is 10.1. The van der Waals surface area contributed by atoms with Gasteiger partial charge >= 0.3 is 0 Å². The van der Waals surface area contributed by atoms with Crippen LogP contribution in [0.25, 0.3) is 0 Å². The fourth-order valence-electron chi connectivity index (χ4n) is 2.17. The lowest BCUT2D eigenvalue weighted by molar-refractivity contribution is 0.339. The van der Waals surface area contributed by atoms with E-state index in [1.807, 2.05) is 38.1 Å². The van der Waals surface area contributed by atoms with E-state index in [2.05, 4.69) is 5.32 Å². The summed E-state index contributed by atoms with van der Waals surface area (Å²) in [6.45, 7) is 5.07. The minimum absolute atomic E-state index is 0.0967. The standard InChI is InChI=1S/C17H20FNO2/c1-3-21-15-6-4-5-13(9-15)11-19-12(2)16-10-14(18)7-8-17(16)20/h4-10,12,19-20H,3,11H2,1-2H3. The molecule has 0 fully saturated rings. The average Bonchev–Trinajstić information content (AvgIpc) is 2.48. The van der Waals surface area contributed by atoms with E-state index in [9.17, 15) is 9.50 Å². The first-order valence-corrected chi connectivity index (χ1v) is 7.03. The predicted molar refractivity (Wildman–Crippen MR) is 80.9 cm³/mol. The van der Waals surface area contributed by atoms with Crippen molar-refractivity contribution in [3.8, 4) is 11.5 Å². The number of phenolic OH excluding ortho intramolecular Hbond substituents is 1. The highest BCUT2D eigenvalue weighted by Gasteiger charge is 2.11. The highest BCUT2D eigenvalue weighted by atomic mass is 19.1. The van der Waals surface area contributed by atoms with Crippen LogP contribution in [0, 0.1) is 5.82 Å². The number of hydrogen-bond acceptors (Lipinski definition) is 3. The molecule has 0 aromatic heterocycles. The van der Waals surface area contributed by atoms with Crippen LogP contribution < -0.4 is 10.1 Å². The summed E-state index contributed by atoms with van der Waals surface area (Å²) in [5.41, 5.74) is 1.62. The van der Waals surface area contributed by atoms with E-state index in [4.69, 9.17) is 4.74 Å². The molecule has 0 spiro atoms. The van der Waals surface area contributed by atoms with Crippen molar-refractivity contribution in [2.75, 3.05) is 6.61 Å². The zero-order chi connectivity index (χ0) is 15.2. The summed E-state index contributed by atoms with van der Waals surface area (Å²) in [5, 5.41) is 13.1. The molecule has 2 aromatic carbocycles. The number of benzene rings is 2. The van der Waals surface area contributed by atoms with Gasteiger partial charge in [-0.25, -0.2) is 4.39 Å². The summed E-state index contributed by atoms with van der Waals surface area (Å²) in [5.74, 6) is 0.576. The van der Waals surface area contributed by atoms with Gasteiger partial charge in [0.2, 0.25) is 0 Å². The Morgan fingerprint density at radius 1 is 1.24 bits per heavy atom. The van der Waals surface area contributed by atoms with Gasteiger partial charge < -0.3 is 15.2 Å². The number of rotatable bonds is 6. The zero-order valence-corrected chi connectivity index (χ0v) is 12.3. The van der Waals surface area contributed by atoms with Crippen LogP contribution in [0.5, 0.6) is 11.5 Å². The van der Waals surface area contributed by atoms with Gasteiger partial charge in [-0.2, -0.15) is 0 Å². The first-order valence-electron chi connectivity index (χ1n) is 7.03. The minimum Gasteiger partial charge on any atom is -0.508 e. The lowest BCUT2D eigenvalue weighted by atomic mass is 10.1. The third kappa shape index (κ3) is 4.20. The molecule has 0 saturated carbocycles. The number of phenols is 1. The minimum atomic E-state index is -0.352. The van der Waals surface area contributed by atoms with E-state index in [1.165, 1.54) is 18.2 Å². The lowest BCUT2D eigenvalue weighted by Crippen LogP contribution is -2.18. The van der Waals surface area contributed by atoms with Crippen molar-refractivity contribution < 1.29 is 14.2 Å². The number of halogens is 1. The summed E-state index contributed by atoms with van der Waals surface area (Å²) in [4.78, 5) is 0. The van der Waals surface area contributed by atoms with Gasteiger partial charge in [0.25, 0.3) is 0 Å². The Kier molecular flexibility index (Phi) is 5.17. The van der Waals surface area contributed by atoms with E-state index in [1.54, 1.807) is 0 Å². The van der Waals surface area contributed by atoms with Crippen LogP contribution in [0.2, 0.25) is 0 Å². The molecular weight excluding hydrogens is 269 g/mol. The fourth-order valence-corrected chi connectivity index (χ4v) is 2.17. The second-order valence-electron chi connectivity index (χ2n) is 4.89. The van der Waals surface area contributed by atoms with Crippen LogP contribution in [0.3, 0.4) is 0 Å². The lowest BCUT2D eigenvalue weighted by Gasteiger charge is -2.16. The Balaban J connectivity index is 2.02. The molecule has 4 heteroatoms. The van der Waals surface area contributed by atoms with Crippen LogP contribution in [0.1, 0.15) is 31.0 Å². The maximum atomic E-state index is 13.3. The second-order valence-corrected chi connectivity index (χ2v) is 4.89. The summed E-state index contributed by atoms with van der Waals surface area (Å²) >= 11 is 0. The number of aromatic hydroxyl groups is 1. The van der Waals surface area contributed by atoms with Gasteiger partial charge in [0.1, 0.15) is 17.3 Å². The van der Waals surface area contributed by atoms with Gasteiger partial charge in [-0.15, -0.1) is 0 Å². The molecule has 2 rings (SSSR count). The van der Waals surface area contributed by atoms with Gasteiger partial charge in [-0.1, -0.05) is 12.1 Å². The molecule has 0 aliphatic heterocycles. The van der Waals surface area contributed by atoms with Crippen molar-refractivity contribution in [1.82, 2.24) is 5.32 Å². The average molecular weight is 289 g/mol. The van der Waals surface area contributed by atoms with E-state index < -0.39 is 0 Å². The molecule has 0 bridgehead atoms. The molecule has 0 saturated heterocycles. The Morgan fingerprint density at radius 2 is 2.05 bits per heavy atom. The number of ether oxygens (including phenoxy) is 1. The largest absolute Gasteiger partial charge is 0.508 e. The molecule has 2 aromatic rings. The maximum absolute atomic E-state index is 13.3. The van der Waals surface area contributed by atoms with Crippen LogP contribution in [0.4, 0.5) is 4.39 Å². The summed E-state index contributed by atoms with van der Waals surface area (Å²) in [6, 6.07) is 11.6. The molecule has 0 aliphatic rings. The quantitative estimate of drug-likeness (QED) is 0.850. The van der Waals surface area contributed by atoms with Crippen LogP contribution in [-0.4, -0.2) is 11.7 Å². The van der Waals surface area contributed by atoms with E-state index >= 15 is 0 Å². The molecule has 112 valence electrons. The van der Waals surface area contributed by atoms with Crippen molar-refractivity contribution >= 4 is 0 Å². The normalized spacial score (nSPS) is 12.1. The molecular formula is C17H20FNO2. The first kappa shape index (κ1) is 15.3. The van der Waals surface area contributed by atoms with Gasteiger partial charge in [0, 0.05) is 18.2 Å². The molecule has 0 amide bonds. The SMILES string of the molecule is CCOc1cccc(CNC(C)c2cc(F)ccc2O)c1. The second kappa shape index (κ2) is 7.09. The summed E-state index contributed by atoms with van der Waals surface area (Å²) < 4.78 is 18.7. The van der Waals surface area contributed by atoms with Gasteiger partial charge in [-0.3, -0.25) is 0 Å². The Bertz CT molecular complexity index is 601.